The predicted octanol–water partition coefficient (Wildman–Crippen LogP) is 2.24. The Kier molecular flexibility index (Phi) is 6.02. The highest BCUT2D eigenvalue weighted by atomic mass is 16.6. The van der Waals surface area contributed by atoms with Crippen LogP contribution in [0.2, 0.25) is 0 Å². The summed E-state index contributed by atoms with van der Waals surface area (Å²) in [5, 5.41) is 15.9. The maximum Gasteiger partial charge on any atom is 0.407 e. The minimum Gasteiger partial charge on any atom is -0.444 e. The molecule has 3 N–H and O–H groups in total. The van der Waals surface area contributed by atoms with Crippen molar-refractivity contribution in [3.05, 3.63) is 35.9 Å². The fraction of sp³-hybridized carbons (Fsp3) is 0.611. The summed E-state index contributed by atoms with van der Waals surface area (Å²) in [6.07, 6.45) is 2.18. The van der Waals surface area contributed by atoms with E-state index in [0.717, 1.165) is 19.3 Å². The molecule has 1 aromatic carbocycles. The van der Waals surface area contributed by atoms with Crippen molar-refractivity contribution in [2.24, 2.45) is 0 Å². The third kappa shape index (κ3) is 6.20. The van der Waals surface area contributed by atoms with Crippen LogP contribution in [0, 0.1) is 0 Å². The molecule has 1 aromatic rings. The second-order valence-electron chi connectivity index (χ2n) is 7.25. The first kappa shape index (κ1) is 17.8. The number of alkyl carbamates (subject to hydrolysis) is 1. The first-order chi connectivity index (χ1) is 10.9. The maximum atomic E-state index is 11.7. The zero-order chi connectivity index (χ0) is 16.9. The van der Waals surface area contributed by atoms with Crippen molar-refractivity contribution in [3.63, 3.8) is 0 Å². The molecule has 0 unspecified atom stereocenters. The molecular formula is C18H28N2O3. The molecule has 1 fully saturated rings. The standard InChI is InChI=1S/C18H28N2O3/c1-18(2,3)23-17(22)20-15-10-14(11-15)19-16(12-21)9-13-7-5-4-6-8-13/h4-8,14-16,19,21H,9-12H2,1-3H3,(H,20,22)/t14?,15?,16-/m0/s1. The van der Waals surface area contributed by atoms with Gasteiger partial charge in [-0.15, -0.1) is 0 Å². The van der Waals surface area contributed by atoms with E-state index in [4.69, 9.17) is 4.74 Å². The number of rotatable bonds is 6. The summed E-state index contributed by atoms with van der Waals surface area (Å²) in [6, 6.07) is 10.7. The second kappa shape index (κ2) is 7.79. The molecule has 23 heavy (non-hydrogen) atoms. The molecule has 1 amide bonds. The molecule has 1 aliphatic rings. The Morgan fingerprint density at radius 3 is 2.48 bits per heavy atom. The zero-order valence-corrected chi connectivity index (χ0v) is 14.2. The third-order valence-electron chi connectivity index (χ3n) is 3.88. The van der Waals surface area contributed by atoms with Crippen LogP contribution in [0.3, 0.4) is 0 Å². The Bertz CT molecular complexity index is 493. The minimum absolute atomic E-state index is 0.0462. The fourth-order valence-electron chi connectivity index (χ4n) is 2.75. The Morgan fingerprint density at radius 2 is 1.91 bits per heavy atom. The highest BCUT2D eigenvalue weighted by Crippen LogP contribution is 2.21. The fourth-order valence-corrected chi connectivity index (χ4v) is 2.75. The van der Waals surface area contributed by atoms with Crippen molar-refractivity contribution in [1.29, 1.82) is 0 Å². The van der Waals surface area contributed by atoms with E-state index in [0.29, 0.717) is 6.04 Å². The van der Waals surface area contributed by atoms with Crippen LogP contribution >= 0.6 is 0 Å². The molecule has 1 saturated carbocycles. The third-order valence-corrected chi connectivity index (χ3v) is 3.88. The van der Waals surface area contributed by atoms with Crippen molar-refractivity contribution < 1.29 is 14.6 Å². The van der Waals surface area contributed by atoms with E-state index in [1.807, 2.05) is 39.0 Å². The van der Waals surface area contributed by atoms with Gasteiger partial charge in [-0.25, -0.2) is 4.79 Å². The second-order valence-corrected chi connectivity index (χ2v) is 7.25. The minimum atomic E-state index is -0.469. The number of hydrogen-bond acceptors (Lipinski definition) is 4. The number of aliphatic hydroxyl groups is 1. The lowest BCUT2D eigenvalue weighted by Gasteiger charge is -2.38. The van der Waals surface area contributed by atoms with Crippen molar-refractivity contribution in [3.8, 4) is 0 Å². The van der Waals surface area contributed by atoms with Gasteiger partial charge in [0.15, 0.2) is 0 Å². The van der Waals surface area contributed by atoms with E-state index in [1.54, 1.807) is 0 Å². The van der Waals surface area contributed by atoms with Crippen molar-refractivity contribution in [1.82, 2.24) is 10.6 Å². The number of amides is 1. The SMILES string of the molecule is CC(C)(C)OC(=O)NC1CC(N[C@H](CO)Cc2ccccc2)C1. The van der Waals surface area contributed by atoms with Gasteiger partial charge in [-0.2, -0.15) is 0 Å². The van der Waals surface area contributed by atoms with Gasteiger partial charge in [-0.1, -0.05) is 30.3 Å². The van der Waals surface area contributed by atoms with E-state index in [2.05, 4.69) is 22.8 Å². The van der Waals surface area contributed by atoms with Gasteiger partial charge in [0.2, 0.25) is 0 Å². The van der Waals surface area contributed by atoms with Crippen LogP contribution in [-0.2, 0) is 11.2 Å². The van der Waals surface area contributed by atoms with Gasteiger partial charge in [-0.3, -0.25) is 0 Å². The Labute approximate surface area is 138 Å². The Balaban J connectivity index is 1.69. The summed E-state index contributed by atoms with van der Waals surface area (Å²) in [4.78, 5) is 11.7. The van der Waals surface area contributed by atoms with Crippen LogP contribution in [0.25, 0.3) is 0 Å². The van der Waals surface area contributed by atoms with Gasteiger partial charge in [0, 0.05) is 18.1 Å². The van der Waals surface area contributed by atoms with Crippen LogP contribution in [-0.4, -0.2) is 41.5 Å². The Hall–Kier alpha value is -1.59. The summed E-state index contributed by atoms with van der Waals surface area (Å²) < 4.78 is 5.25. The number of carbonyl (C=O) groups is 1. The summed E-state index contributed by atoms with van der Waals surface area (Å²) in [7, 11) is 0. The molecule has 1 aliphatic carbocycles. The molecule has 0 bridgehead atoms. The molecule has 0 radical (unpaired) electrons. The predicted molar refractivity (Wildman–Crippen MR) is 90.3 cm³/mol. The van der Waals surface area contributed by atoms with Crippen LogP contribution in [0.1, 0.15) is 39.2 Å². The van der Waals surface area contributed by atoms with E-state index in [9.17, 15) is 9.90 Å². The van der Waals surface area contributed by atoms with Gasteiger partial charge in [0.25, 0.3) is 0 Å². The quantitative estimate of drug-likeness (QED) is 0.752. The average molecular weight is 320 g/mol. The summed E-state index contributed by atoms with van der Waals surface area (Å²) >= 11 is 0. The molecular weight excluding hydrogens is 292 g/mol. The summed E-state index contributed by atoms with van der Waals surface area (Å²) in [5.74, 6) is 0. The van der Waals surface area contributed by atoms with E-state index in [1.165, 1.54) is 5.56 Å². The number of ether oxygens (including phenoxy) is 1. The molecule has 0 aliphatic heterocycles. The molecule has 5 nitrogen and oxygen atoms in total. The van der Waals surface area contributed by atoms with Gasteiger partial charge < -0.3 is 20.5 Å². The number of hydrogen-bond donors (Lipinski definition) is 3. The largest absolute Gasteiger partial charge is 0.444 e. The molecule has 0 aromatic heterocycles. The smallest absolute Gasteiger partial charge is 0.407 e. The topological polar surface area (TPSA) is 70.6 Å². The van der Waals surface area contributed by atoms with E-state index >= 15 is 0 Å². The summed E-state index contributed by atoms with van der Waals surface area (Å²) in [6.45, 7) is 5.67. The number of carbonyl (C=O) groups excluding carboxylic acids is 1. The molecule has 2 rings (SSSR count). The maximum absolute atomic E-state index is 11.7. The van der Waals surface area contributed by atoms with Gasteiger partial charge in [0.1, 0.15) is 5.60 Å². The average Bonchev–Trinajstić information content (AvgIpc) is 2.43. The van der Waals surface area contributed by atoms with Crippen LogP contribution in [0.15, 0.2) is 30.3 Å². The number of benzene rings is 1. The van der Waals surface area contributed by atoms with E-state index < -0.39 is 5.60 Å². The molecule has 0 saturated heterocycles. The monoisotopic (exact) mass is 320 g/mol. The Morgan fingerprint density at radius 1 is 1.26 bits per heavy atom. The molecule has 0 heterocycles. The van der Waals surface area contributed by atoms with Crippen molar-refractivity contribution >= 4 is 6.09 Å². The molecule has 1 atom stereocenters. The normalized spacial score (nSPS) is 22.1. The lowest BCUT2D eigenvalue weighted by atomic mass is 9.86. The first-order valence-corrected chi connectivity index (χ1v) is 8.26. The van der Waals surface area contributed by atoms with Gasteiger partial charge in [0.05, 0.1) is 6.61 Å². The first-order valence-electron chi connectivity index (χ1n) is 8.26. The van der Waals surface area contributed by atoms with Crippen LogP contribution in [0.4, 0.5) is 4.79 Å². The number of nitrogens with one attached hydrogen (secondary N) is 2. The van der Waals surface area contributed by atoms with E-state index in [-0.39, 0.29) is 24.8 Å². The lowest BCUT2D eigenvalue weighted by Crippen LogP contribution is -2.56. The summed E-state index contributed by atoms with van der Waals surface area (Å²) in [5.41, 5.74) is 0.741. The van der Waals surface area contributed by atoms with Crippen molar-refractivity contribution in [2.45, 2.75) is 63.8 Å². The highest BCUT2D eigenvalue weighted by Gasteiger charge is 2.32. The lowest BCUT2D eigenvalue weighted by molar-refractivity contribution is 0.0460. The van der Waals surface area contributed by atoms with Gasteiger partial charge >= 0.3 is 6.09 Å². The zero-order valence-electron chi connectivity index (χ0n) is 14.2. The van der Waals surface area contributed by atoms with Crippen molar-refractivity contribution in [2.75, 3.05) is 6.61 Å². The highest BCUT2D eigenvalue weighted by molar-refractivity contribution is 5.68. The molecule has 0 spiro atoms. The molecule has 128 valence electrons. The van der Waals surface area contributed by atoms with Gasteiger partial charge in [-0.05, 0) is 45.6 Å². The molecule has 5 heteroatoms. The van der Waals surface area contributed by atoms with Crippen LogP contribution < -0.4 is 10.6 Å². The number of aliphatic hydroxyl groups excluding tert-OH is 1. The van der Waals surface area contributed by atoms with Crippen LogP contribution in [0.5, 0.6) is 0 Å².